The third kappa shape index (κ3) is 2.69. The van der Waals surface area contributed by atoms with Gasteiger partial charge in [0.05, 0.1) is 11.5 Å². The number of ether oxygens (including phenoxy) is 1. The van der Waals surface area contributed by atoms with E-state index in [1.807, 2.05) is 0 Å². The highest BCUT2D eigenvalue weighted by molar-refractivity contribution is 7.92. The molecule has 0 saturated carbocycles. The van der Waals surface area contributed by atoms with Gasteiger partial charge in [-0.1, -0.05) is 18.7 Å². The minimum absolute atomic E-state index is 0.0640. The van der Waals surface area contributed by atoms with E-state index >= 15 is 0 Å². The van der Waals surface area contributed by atoms with Gasteiger partial charge < -0.3 is 4.74 Å². The number of hydrogen-bond acceptors (Lipinski definition) is 4. The molecule has 0 saturated heterocycles. The zero-order valence-corrected chi connectivity index (χ0v) is 7.84. The first-order valence-corrected chi connectivity index (χ1v) is 5.55. The largest absolute Gasteiger partial charge is 0.458 e. The van der Waals surface area contributed by atoms with Gasteiger partial charge >= 0.3 is 5.97 Å². The zero-order chi connectivity index (χ0) is 9.90. The van der Waals surface area contributed by atoms with Gasteiger partial charge in [0.2, 0.25) is 0 Å². The minimum atomic E-state index is -3.08. The molecule has 0 aromatic carbocycles. The molecule has 0 bridgehead atoms. The number of hydrogen-bond donors (Lipinski definition) is 0. The molecule has 5 heteroatoms. The topological polar surface area (TPSA) is 60.4 Å². The number of rotatable bonds is 3. The standard InChI is InChI=1S/C8H10O4S/c1-2-4-12-8(9)7-3-5-13(10,11)6-7/h2-3H,1,4-6H2. The molecule has 13 heavy (non-hydrogen) atoms. The van der Waals surface area contributed by atoms with Crippen LogP contribution in [0.1, 0.15) is 0 Å². The van der Waals surface area contributed by atoms with Crippen LogP contribution < -0.4 is 0 Å². The molecule has 0 N–H and O–H groups in total. The molecule has 0 aromatic rings. The van der Waals surface area contributed by atoms with Crippen molar-refractivity contribution in [1.82, 2.24) is 0 Å². The SMILES string of the molecule is C=CCOC(=O)C1=CCS(=O)(=O)C1. The maximum atomic E-state index is 11.1. The molecule has 1 rings (SSSR count). The van der Waals surface area contributed by atoms with Crippen LogP contribution in [0.25, 0.3) is 0 Å². The predicted molar refractivity (Wildman–Crippen MR) is 47.9 cm³/mol. The van der Waals surface area contributed by atoms with Crippen molar-refractivity contribution in [2.24, 2.45) is 0 Å². The van der Waals surface area contributed by atoms with Gasteiger partial charge in [-0.15, -0.1) is 0 Å². The summed E-state index contributed by atoms with van der Waals surface area (Å²) in [5.74, 6) is -0.838. The van der Waals surface area contributed by atoms with Crippen LogP contribution in [0.15, 0.2) is 24.3 Å². The number of carbonyl (C=O) groups excluding carboxylic acids is 1. The monoisotopic (exact) mass is 202 g/mol. The summed E-state index contributed by atoms with van der Waals surface area (Å²) in [6.07, 6.45) is 2.82. The second kappa shape index (κ2) is 3.74. The molecule has 0 spiro atoms. The maximum Gasteiger partial charge on any atom is 0.335 e. The molecule has 0 atom stereocenters. The van der Waals surface area contributed by atoms with Gasteiger partial charge in [0.25, 0.3) is 0 Å². The fourth-order valence-electron chi connectivity index (χ4n) is 0.952. The highest BCUT2D eigenvalue weighted by Gasteiger charge is 2.25. The molecule has 0 amide bonds. The van der Waals surface area contributed by atoms with Crippen LogP contribution in [0.5, 0.6) is 0 Å². The molecular weight excluding hydrogens is 192 g/mol. The lowest BCUT2D eigenvalue weighted by Gasteiger charge is -2.00. The van der Waals surface area contributed by atoms with Crippen molar-refractivity contribution in [1.29, 1.82) is 0 Å². The Labute approximate surface area is 76.8 Å². The molecule has 0 aromatic heterocycles. The minimum Gasteiger partial charge on any atom is -0.458 e. The lowest BCUT2D eigenvalue weighted by Crippen LogP contribution is -2.12. The lowest BCUT2D eigenvalue weighted by atomic mass is 10.3. The van der Waals surface area contributed by atoms with Gasteiger partial charge in [0, 0.05) is 5.57 Å². The van der Waals surface area contributed by atoms with E-state index in [2.05, 4.69) is 11.3 Å². The molecule has 1 heterocycles. The Kier molecular flexibility index (Phi) is 2.87. The summed E-state index contributed by atoms with van der Waals surface area (Å²) in [7, 11) is -3.08. The van der Waals surface area contributed by atoms with Crippen LogP contribution in [0.2, 0.25) is 0 Å². The van der Waals surface area contributed by atoms with E-state index in [-0.39, 0.29) is 23.7 Å². The van der Waals surface area contributed by atoms with E-state index in [4.69, 9.17) is 0 Å². The maximum absolute atomic E-state index is 11.1. The van der Waals surface area contributed by atoms with Gasteiger partial charge in [0.15, 0.2) is 9.84 Å². The highest BCUT2D eigenvalue weighted by atomic mass is 32.2. The highest BCUT2D eigenvalue weighted by Crippen LogP contribution is 2.12. The van der Waals surface area contributed by atoms with Crippen molar-refractivity contribution < 1.29 is 17.9 Å². The molecule has 0 fully saturated rings. The van der Waals surface area contributed by atoms with Crippen LogP contribution in [0, 0.1) is 0 Å². The van der Waals surface area contributed by atoms with Crippen LogP contribution in [-0.4, -0.2) is 32.5 Å². The van der Waals surface area contributed by atoms with Crippen LogP contribution >= 0.6 is 0 Å². The van der Waals surface area contributed by atoms with E-state index in [0.29, 0.717) is 0 Å². The van der Waals surface area contributed by atoms with Gasteiger partial charge in [-0.3, -0.25) is 0 Å². The predicted octanol–water partition coefficient (Wildman–Crippen LogP) is 0.0704. The second-order valence-electron chi connectivity index (χ2n) is 2.67. The molecule has 4 nitrogen and oxygen atoms in total. The Morgan fingerprint density at radius 3 is 2.85 bits per heavy atom. The smallest absolute Gasteiger partial charge is 0.335 e. The molecule has 1 aliphatic heterocycles. The normalized spacial score (nSPS) is 19.2. The molecule has 0 aliphatic carbocycles. The third-order valence-corrected chi connectivity index (χ3v) is 2.98. The van der Waals surface area contributed by atoms with Crippen molar-refractivity contribution in [3.63, 3.8) is 0 Å². The van der Waals surface area contributed by atoms with E-state index in [1.54, 1.807) is 0 Å². The first-order chi connectivity index (χ1) is 6.05. The van der Waals surface area contributed by atoms with Crippen molar-refractivity contribution in [3.8, 4) is 0 Å². The fraction of sp³-hybridized carbons (Fsp3) is 0.375. The summed E-state index contributed by atoms with van der Waals surface area (Å²) in [6, 6.07) is 0. The van der Waals surface area contributed by atoms with Crippen molar-refractivity contribution >= 4 is 15.8 Å². The van der Waals surface area contributed by atoms with Crippen LogP contribution in [0.4, 0.5) is 0 Å². The number of esters is 1. The molecule has 1 aliphatic rings. The third-order valence-electron chi connectivity index (χ3n) is 1.55. The van der Waals surface area contributed by atoms with Gasteiger partial charge in [-0.2, -0.15) is 0 Å². The Morgan fingerprint density at radius 2 is 2.38 bits per heavy atom. The second-order valence-corrected chi connectivity index (χ2v) is 4.78. The van der Waals surface area contributed by atoms with E-state index < -0.39 is 15.8 Å². The Balaban J connectivity index is 2.56. The quantitative estimate of drug-likeness (QED) is 0.480. The molecular formula is C8H10O4S. The summed E-state index contributed by atoms with van der Waals surface area (Å²) >= 11 is 0. The van der Waals surface area contributed by atoms with E-state index in [9.17, 15) is 13.2 Å². The van der Waals surface area contributed by atoms with E-state index in [0.717, 1.165) is 0 Å². The molecule has 72 valence electrons. The van der Waals surface area contributed by atoms with Crippen molar-refractivity contribution in [3.05, 3.63) is 24.3 Å². The van der Waals surface area contributed by atoms with Gasteiger partial charge in [0.1, 0.15) is 6.61 Å². The van der Waals surface area contributed by atoms with Gasteiger partial charge in [-0.25, -0.2) is 13.2 Å². The van der Waals surface area contributed by atoms with Gasteiger partial charge in [-0.05, 0) is 0 Å². The Morgan fingerprint density at radius 1 is 1.69 bits per heavy atom. The summed E-state index contributed by atoms with van der Waals surface area (Å²) in [5.41, 5.74) is 0.224. The van der Waals surface area contributed by atoms with E-state index in [1.165, 1.54) is 12.2 Å². The van der Waals surface area contributed by atoms with Crippen LogP contribution in [-0.2, 0) is 19.4 Å². The Bertz CT molecular complexity index is 350. The fourth-order valence-corrected chi connectivity index (χ4v) is 2.23. The summed E-state index contributed by atoms with van der Waals surface area (Å²) in [6.45, 7) is 3.48. The number of sulfone groups is 1. The lowest BCUT2D eigenvalue weighted by molar-refractivity contribution is -0.137. The first kappa shape index (κ1) is 9.98. The Hall–Kier alpha value is -1.10. The average molecular weight is 202 g/mol. The molecule has 0 unspecified atom stereocenters. The zero-order valence-electron chi connectivity index (χ0n) is 7.02. The summed E-state index contributed by atoms with van der Waals surface area (Å²) in [5, 5.41) is 0. The summed E-state index contributed by atoms with van der Waals surface area (Å²) < 4.78 is 26.6. The molecule has 0 radical (unpaired) electrons. The summed E-state index contributed by atoms with van der Waals surface area (Å²) in [4.78, 5) is 11.1. The number of carbonyl (C=O) groups is 1. The van der Waals surface area contributed by atoms with Crippen LogP contribution in [0.3, 0.4) is 0 Å². The van der Waals surface area contributed by atoms with Crippen molar-refractivity contribution in [2.75, 3.05) is 18.1 Å². The first-order valence-electron chi connectivity index (χ1n) is 3.72. The van der Waals surface area contributed by atoms with Crippen molar-refractivity contribution in [2.45, 2.75) is 0 Å². The average Bonchev–Trinajstić information content (AvgIpc) is 2.42.